The Morgan fingerprint density at radius 3 is 2.56 bits per heavy atom. The summed E-state index contributed by atoms with van der Waals surface area (Å²) in [7, 11) is 0. The maximum absolute atomic E-state index is 13.3. The second-order valence-electron chi connectivity index (χ2n) is 6.92. The third kappa shape index (κ3) is 3.69. The summed E-state index contributed by atoms with van der Waals surface area (Å²) in [5, 5.41) is 9.01. The number of hydrogen-bond acceptors (Lipinski definition) is 5. The van der Waals surface area contributed by atoms with Gasteiger partial charge in [0.25, 0.3) is 0 Å². The molecule has 1 aromatic carbocycles. The van der Waals surface area contributed by atoms with E-state index in [0.29, 0.717) is 5.16 Å². The van der Waals surface area contributed by atoms with Gasteiger partial charge in [-0.05, 0) is 38.7 Å². The van der Waals surface area contributed by atoms with Crippen molar-refractivity contribution in [3.8, 4) is 0 Å². The molecule has 3 aromatic rings. The number of fused-ring (bicyclic) bond motifs is 1. The molecule has 1 aliphatic rings. The van der Waals surface area contributed by atoms with Gasteiger partial charge in [-0.1, -0.05) is 42.1 Å². The molecule has 0 spiro atoms. The van der Waals surface area contributed by atoms with Crippen molar-refractivity contribution in [3.05, 3.63) is 53.5 Å². The number of carbonyl (C=O) groups is 1. The van der Waals surface area contributed by atoms with E-state index in [4.69, 9.17) is 0 Å². The second-order valence-corrected chi connectivity index (χ2v) is 7.99. The monoisotopic (exact) mass is 381 g/mol. The number of piperidine rings is 1. The molecule has 1 atom stereocenters. The number of nitrogens with zero attached hydrogens (tertiary/aromatic N) is 5. The van der Waals surface area contributed by atoms with Crippen molar-refractivity contribution in [3.63, 3.8) is 0 Å². The molecule has 1 unspecified atom stereocenters. The van der Waals surface area contributed by atoms with Gasteiger partial charge < -0.3 is 4.90 Å². The average molecular weight is 382 g/mol. The molecule has 1 saturated heterocycles. The Morgan fingerprint density at radius 2 is 1.81 bits per heavy atom. The van der Waals surface area contributed by atoms with Crippen LogP contribution in [0.25, 0.3) is 5.65 Å². The number of likely N-dealkylation sites (tertiary alicyclic amines) is 1. The van der Waals surface area contributed by atoms with Crippen LogP contribution in [0.3, 0.4) is 0 Å². The summed E-state index contributed by atoms with van der Waals surface area (Å²) in [6, 6.07) is 11.9. The number of aryl methyl sites for hydroxylation is 2. The molecule has 0 N–H and O–H groups in total. The van der Waals surface area contributed by atoms with Gasteiger partial charge in [-0.25, -0.2) is 4.98 Å². The Balaban J connectivity index is 1.70. The summed E-state index contributed by atoms with van der Waals surface area (Å²) in [5.41, 5.74) is 2.67. The molecule has 7 heteroatoms. The minimum absolute atomic E-state index is 0.153. The van der Waals surface area contributed by atoms with Crippen LogP contribution in [0.2, 0.25) is 0 Å². The van der Waals surface area contributed by atoms with Gasteiger partial charge in [0.1, 0.15) is 11.1 Å². The van der Waals surface area contributed by atoms with E-state index in [9.17, 15) is 4.79 Å². The largest absolute Gasteiger partial charge is 0.341 e. The van der Waals surface area contributed by atoms with Crippen molar-refractivity contribution in [2.24, 2.45) is 0 Å². The van der Waals surface area contributed by atoms with Gasteiger partial charge in [0.05, 0.1) is 0 Å². The highest BCUT2D eigenvalue weighted by molar-refractivity contribution is 8.00. The summed E-state index contributed by atoms with van der Waals surface area (Å²) < 4.78 is 1.93. The van der Waals surface area contributed by atoms with E-state index in [2.05, 4.69) is 15.2 Å². The number of hydrogen-bond donors (Lipinski definition) is 0. The van der Waals surface area contributed by atoms with E-state index in [1.807, 2.05) is 59.5 Å². The first kappa shape index (κ1) is 18.0. The summed E-state index contributed by atoms with van der Waals surface area (Å²) in [5.74, 6) is 0.982. The number of benzene rings is 1. The molecule has 0 radical (unpaired) electrons. The molecule has 0 aliphatic carbocycles. The zero-order valence-electron chi connectivity index (χ0n) is 15.6. The Kier molecular flexibility index (Phi) is 5.11. The maximum Gasteiger partial charge on any atom is 0.240 e. The minimum Gasteiger partial charge on any atom is -0.341 e. The fourth-order valence-electron chi connectivity index (χ4n) is 3.55. The number of amides is 1. The lowest BCUT2D eigenvalue weighted by Crippen LogP contribution is -2.38. The Morgan fingerprint density at radius 1 is 1.07 bits per heavy atom. The highest BCUT2D eigenvalue weighted by Gasteiger charge is 2.29. The smallest absolute Gasteiger partial charge is 0.240 e. The topological polar surface area (TPSA) is 63.4 Å². The molecule has 140 valence electrons. The third-order valence-corrected chi connectivity index (χ3v) is 6.06. The van der Waals surface area contributed by atoms with E-state index >= 15 is 0 Å². The van der Waals surface area contributed by atoms with Crippen LogP contribution in [-0.2, 0) is 4.79 Å². The lowest BCUT2D eigenvalue weighted by atomic mass is 10.1. The molecule has 0 saturated carbocycles. The van der Waals surface area contributed by atoms with E-state index in [0.717, 1.165) is 48.7 Å². The molecule has 3 heterocycles. The standard InChI is InChI=1S/C20H23N5OS/c1-14-13-17-22-23-20(25(17)15(2)21-14)27-18(16-9-5-3-6-10-16)19(26)24-11-7-4-8-12-24/h3,5-6,9-10,13,18H,4,7-8,11-12H2,1-2H3. The Hall–Kier alpha value is -2.41. The molecular weight excluding hydrogens is 358 g/mol. The van der Waals surface area contributed by atoms with Crippen LogP contribution in [0.15, 0.2) is 41.6 Å². The number of thioether (sulfide) groups is 1. The molecular formula is C20H23N5OS. The van der Waals surface area contributed by atoms with Crippen molar-refractivity contribution < 1.29 is 4.79 Å². The zero-order valence-corrected chi connectivity index (χ0v) is 16.4. The van der Waals surface area contributed by atoms with Gasteiger partial charge in [0.2, 0.25) is 5.91 Å². The Labute approximate surface area is 163 Å². The third-order valence-electron chi connectivity index (χ3n) is 4.88. The van der Waals surface area contributed by atoms with Crippen molar-refractivity contribution in [1.82, 2.24) is 24.5 Å². The van der Waals surface area contributed by atoms with E-state index in [1.54, 1.807) is 0 Å². The summed E-state index contributed by atoms with van der Waals surface area (Å²) in [6.45, 7) is 5.56. The van der Waals surface area contributed by atoms with Gasteiger partial charge >= 0.3 is 0 Å². The first-order chi connectivity index (χ1) is 13.1. The lowest BCUT2D eigenvalue weighted by molar-refractivity contribution is -0.131. The molecule has 4 rings (SSSR count). The van der Waals surface area contributed by atoms with Gasteiger partial charge in [-0.2, -0.15) is 0 Å². The summed E-state index contributed by atoms with van der Waals surface area (Å²) >= 11 is 1.46. The first-order valence-corrected chi connectivity index (χ1v) is 10.2. The molecule has 2 aromatic heterocycles. The molecule has 1 amide bonds. The highest BCUT2D eigenvalue weighted by atomic mass is 32.2. The van der Waals surface area contributed by atoms with Crippen LogP contribution in [0.1, 0.15) is 41.6 Å². The van der Waals surface area contributed by atoms with Crippen LogP contribution in [0, 0.1) is 13.8 Å². The van der Waals surface area contributed by atoms with Crippen LogP contribution in [-0.4, -0.2) is 43.5 Å². The fourth-order valence-corrected chi connectivity index (χ4v) is 4.73. The van der Waals surface area contributed by atoms with E-state index in [1.165, 1.54) is 18.2 Å². The zero-order chi connectivity index (χ0) is 18.8. The second kappa shape index (κ2) is 7.68. The van der Waals surface area contributed by atoms with E-state index in [-0.39, 0.29) is 11.2 Å². The average Bonchev–Trinajstić information content (AvgIpc) is 3.10. The number of aromatic nitrogens is 4. The molecule has 1 aliphatic heterocycles. The van der Waals surface area contributed by atoms with Crippen LogP contribution >= 0.6 is 11.8 Å². The van der Waals surface area contributed by atoms with Gasteiger partial charge in [-0.3, -0.25) is 9.20 Å². The van der Waals surface area contributed by atoms with Gasteiger partial charge in [0.15, 0.2) is 10.8 Å². The van der Waals surface area contributed by atoms with Crippen molar-refractivity contribution >= 4 is 23.3 Å². The maximum atomic E-state index is 13.3. The number of carbonyl (C=O) groups excluding carboxylic acids is 1. The van der Waals surface area contributed by atoms with Crippen molar-refractivity contribution in [2.75, 3.05) is 13.1 Å². The minimum atomic E-state index is -0.336. The SMILES string of the molecule is Cc1cc2nnc(SC(C(=O)N3CCCCC3)c3ccccc3)n2c(C)n1. The van der Waals surface area contributed by atoms with Crippen LogP contribution in [0.4, 0.5) is 0 Å². The van der Waals surface area contributed by atoms with Crippen LogP contribution in [0.5, 0.6) is 0 Å². The summed E-state index contributed by atoms with van der Waals surface area (Å²) in [4.78, 5) is 19.8. The molecule has 27 heavy (non-hydrogen) atoms. The normalized spacial score (nSPS) is 15.9. The van der Waals surface area contributed by atoms with Crippen LogP contribution < -0.4 is 0 Å². The molecule has 0 bridgehead atoms. The van der Waals surface area contributed by atoms with Gasteiger partial charge in [0, 0.05) is 24.8 Å². The predicted molar refractivity (Wildman–Crippen MR) is 106 cm³/mol. The molecule has 6 nitrogen and oxygen atoms in total. The highest BCUT2D eigenvalue weighted by Crippen LogP contribution is 2.36. The Bertz CT molecular complexity index is 950. The summed E-state index contributed by atoms with van der Waals surface area (Å²) in [6.07, 6.45) is 3.36. The fraction of sp³-hybridized carbons (Fsp3) is 0.400. The lowest BCUT2D eigenvalue weighted by Gasteiger charge is -2.30. The quantitative estimate of drug-likeness (QED) is 0.646. The van der Waals surface area contributed by atoms with Gasteiger partial charge in [-0.15, -0.1) is 10.2 Å². The van der Waals surface area contributed by atoms with Crippen molar-refractivity contribution in [1.29, 1.82) is 0 Å². The predicted octanol–water partition coefficient (Wildman–Crippen LogP) is 3.59. The van der Waals surface area contributed by atoms with Crippen molar-refractivity contribution in [2.45, 2.75) is 43.5 Å². The number of rotatable bonds is 4. The molecule has 1 fully saturated rings. The first-order valence-electron chi connectivity index (χ1n) is 9.33. The van der Waals surface area contributed by atoms with E-state index < -0.39 is 0 Å².